The third-order valence-electron chi connectivity index (χ3n) is 6.34. The van der Waals surface area contributed by atoms with Gasteiger partial charge in [0, 0.05) is 23.3 Å². The second kappa shape index (κ2) is 11.5. The second-order valence-corrected chi connectivity index (χ2v) is 11.0. The Hall–Kier alpha value is -4.00. The average molecular weight is 659 g/mol. The molecule has 0 fully saturated rings. The van der Waals surface area contributed by atoms with Crippen LogP contribution in [0.1, 0.15) is 31.2 Å². The zero-order valence-corrected chi connectivity index (χ0v) is 25.0. The first-order valence-electron chi connectivity index (χ1n) is 12.2. The smallest absolute Gasteiger partial charge is 0.338 e. The second-order valence-electron chi connectivity index (χ2n) is 8.79. The van der Waals surface area contributed by atoms with Crippen LogP contribution in [-0.2, 0) is 9.53 Å². The van der Waals surface area contributed by atoms with Crippen LogP contribution in [0, 0.1) is 10.1 Å². The number of thiazole rings is 1. The highest BCUT2D eigenvalue weighted by Crippen LogP contribution is 2.38. The Kier molecular flexibility index (Phi) is 7.98. The van der Waals surface area contributed by atoms with Crippen LogP contribution in [-0.4, -0.2) is 29.2 Å². The number of nitro benzene ring substituents is 1. The van der Waals surface area contributed by atoms with E-state index in [-0.39, 0.29) is 32.9 Å². The van der Waals surface area contributed by atoms with Gasteiger partial charge in [0.2, 0.25) is 0 Å². The lowest BCUT2D eigenvalue weighted by molar-refractivity contribution is -0.385. The summed E-state index contributed by atoms with van der Waals surface area (Å²) < 4.78 is 18.8. The van der Waals surface area contributed by atoms with E-state index in [1.54, 1.807) is 62.4 Å². The predicted molar refractivity (Wildman–Crippen MR) is 157 cm³/mol. The van der Waals surface area contributed by atoms with Crippen molar-refractivity contribution < 1.29 is 23.6 Å². The number of ether oxygens (including phenoxy) is 2. The molecule has 0 aliphatic carbocycles. The first kappa shape index (κ1) is 28.5. The fraction of sp³-hybridized carbons (Fsp3) is 0.179. The Morgan fingerprint density at radius 3 is 2.76 bits per heavy atom. The summed E-state index contributed by atoms with van der Waals surface area (Å²) in [5.74, 6) is 0.592. The molecule has 1 aliphatic heterocycles. The molecule has 0 amide bonds. The number of aromatic nitrogens is 1. The molecular weight excluding hydrogens is 638 g/mol. The van der Waals surface area contributed by atoms with Gasteiger partial charge in [-0.1, -0.05) is 41.1 Å². The predicted octanol–water partition coefficient (Wildman–Crippen LogP) is 5.39. The number of nitrogens with zero attached hydrogens (tertiary/aromatic N) is 3. The third kappa shape index (κ3) is 5.25. The van der Waals surface area contributed by atoms with E-state index in [2.05, 4.69) is 20.9 Å². The minimum absolute atomic E-state index is 0.157. The highest BCUT2D eigenvalue weighted by Gasteiger charge is 2.35. The molecule has 0 unspecified atom stereocenters. The number of methoxy groups -OCH3 is 1. The lowest BCUT2D eigenvalue weighted by Gasteiger charge is -2.25. The molecule has 1 atom stereocenters. The number of para-hydroxylation sites is 1. The summed E-state index contributed by atoms with van der Waals surface area (Å²) in [6.07, 6.45) is 1.56. The molecule has 210 valence electrons. The fourth-order valence-electron chi connectivity index (χ4n) is 4.54. The van der Waals surface area contributed by atoms with Crippen LogP contribution in [0.2, 0.25) is 5.02 Å². The van der Waals surface area contributed by atoms with Crippen LogP contribution >= 0.6 is 38.9 Å². The van der Waals surface area contributed by atoms with Gasteiger partial charge < -0.3 is 13.9 Å². The Bertz CT molecular complexity index is 1920. The zero-order valence-electron chi connectivity index (χ0n) is 21.8. The number of esters is 1. The van der Waals surface area contributed by atoms with Crippen LogP contribution in [0.25, 0.3) is 17.4 Å². The van der Waals surface area contributed by atoms with E-state index in [9.17, 15) is 19.7 Å². The van der Waals surface area contributed by atoms with Crippen molar-refractivity contribution in [1.82, 2.24) is 4.57 Å². The highest BCUT2D eigenvalue weighted by molar-refractivity contribution is 9.10. The fourth-order valence-corrected chi connectivity index (χ4v) is 6.16. The summed E-state index contributed by atoms with van der Waals surface area (Å²) in [5, 5.41) is 11.6. The topological polar surface area (TPSA) is 126 Å². The van der Waals surface area contributed by atoms with Gasteiger partial charge in [0.25, 0.3) is 11.2 Å². The van der Waals surface area contributed by atoms with Gasteiger partial charge in [0.05, 0.1) is 39.5 Å². The lowest BCUT2D eigenvalue weighted by Crippen LogP contribution is -2.40. The number of benzene rings is 2. The molecule has 41 heavy (non-hydrogen) atoms. The van der Waals surface area contributed by atoms with Crippen molar-refractivity contribution >= 4 is 56.6 Å². The molecule has 4 aromatic rings. The lowest BCUT2D eigenvalue weighted by atomic mass is 9.95. The standard InChI is InChI=1S/C28H21BrClN3O7S/c1-4-39-27(35)23-14(2)31-28-32(25(23)17-7-5-6-8-21(17)38-3)26(34)22(41-28)13-16-9-10-20(40-16)15-11-18(30)24(29)19(12-15)33(36)37/h5-13,25H,4H2,1-3H3/b22-13-/t25-/m0/s1. The number of hydrogen-bond acceptors (Lipinski definition) is 9. The SMILES string of the molecule is CCOC(=O)C1=C(C)N=c2s/c(=C\c3ccc(-c4cc(Cl)c(Br)c([N+](=O)[O-])c4)o3)c(=O)n2[C@H]1c1ccccc1OC. The molecule has 0 radical (unpaired) electrons. The number of halogens is 2. The van der Waals surface area contributed by atoms with Crippen molar-refractivity contribution in [2.24, 2.45) is 4.99 Å². The van der Waals surface area contributed by atoms with Crippen molar-refractivity contribution in [1.29, 1.82) is 0 Å². The van der Waals surface area contributed by atoms with Gasteiger partial charge in [-0.15, -0.1) is 0 Å². The first-order chi connectivity index (χ1) is 19.6. The summed E-state index contributed by atoms with van der Waals surface area (Å²) in [6.45, 7) is 3.57. The number of furan rings is 1. The summed E-state index contributed by atoms with van der Waals surface area (Å²) >= 11 is 10.5. The molecule has 0 N–H and O–H groups in total. The molecule has 3 heterocycles. The number of hydrogen-bond donors (Lipinski definition) is 0. The molecule has 2 aromatic carbocycles. The largest absolute Gasteiger partial charge is 0.496 e. The van der Waals surface area contributed by atoms with Crippen LogP contribution in [0.4, 0.5) is 5.69 Å². The molecule has 10 nitrogen and oxygen atoms in total. The minimum Gasteiger partial charge on any atom is -0.496 e. The van der Waals surface area contributed by atoms with Crippen molar-refractivity contribution in [3.8, 4) is 17.1 Å². The van der Waals surface area contributed by atoms with Crippen LogP contribution in [0.5, 0.6) is 5.75 Å². The van der Waals surface area contributed by atoms with E-state index < -0.39 is 16.9 Å². The summed E-state index contributed by atoms with van der Waals surface area (Å²) in [5.41, 5.74) is 1.08. The number of allylic oxidation sites excluding steroid dienone is 1. The van der Waals surface area contributed by atoms with E-state index in [4.69, 9.17) is 25.5 Å². The van der Waals surface area contributed by atoms with Gasteiger partial charge in [0.15, 0.2) is 4.80 Å². The van der Waals surface area contributed by atoms with E-state index in [0.29, 0.717) is 43.4 Å². The van der Waals surface area contributed by atoms with E-state index in [1.165, 1.54) is 17.7 Å². The summed E-state index contributed by atoms with van der Waals surface area (Å²) in [7, 11) is 1.52. The number of fused-ring (bicyclic) bond motifs is 1. The number of carbonyl (C=O) groups excluding carboxylic acids is 1. The van der Waals surface area contributed by atoms with Crippen LogP contribution in [0.3, 0.4) is 0 Å². The molecular formula is C28H21BrClN3O7S. The quantitative estimate of drug-likeness (QED) is 0.148. The van der Waals surface area contributed by atoms with Crippen molar-refractivity contribution in [2.45, 2.75) is 19.9 Å². The molecule has 13 heteroatoms. The number of nitro groups is 1. The maximum Gasteiger partial charge on any atom is 0.338 e. The Morgan fingerprint density at radius 2 is 2.05 bits per heavy atom. The highest BCUT2D eigenvalue weighted by atomic mass is 79.9. The van der Waals surface area contributed by atoms with Gasteiger partial charge in [-0.05, 0) is 54.0 Å². The van der Waals surface area contributed by atoms with Gasteiger partial charge in [0.1, 0.15) is 27.8 Å². The summed E-state index contributed by atoms with van der Waals surface area (Å²) in [4.78, 5) is 42.8. The third-order valence-corrected chi connectivity index (χ3v) is 8.68. The minimum atomic E-state index is -0.832. The number of rotatable bonds is 7. The Labute approximate surface area is 250 Å². The molecule has 0 saturated heterocycles. The maximum absolute atomic E-state index is 13.8. The van der Waals surface area contributed by atoms with E-state index in [0.717, 1.165) is 11.3 Å². The molecule has 5 rings (SSSR count). The van der Waals surface area contributed by atoms with Crippen molar-refractivity contribution in [2.75, 3.05) is 13.7 Å². The number of carbonyl (C=O) groups is 1. The van der Waals surface area contributed by atoms with Gasteiger partial charge in [-0.2, -0.15) is 0 Å². The van der Waals surface area contributed by atoms with Gasteiger partial charge in [-0.25, -0.2) is 9.79 Å². The van der Waals surface area contributed by atoms with Crippen LogP contribution in [0.15, 0.2) is 78.5 Å². The molecule has 0 spiro atoms. The normalized spacial score (nSPS) is 15.0. The first-order valence-corrected chi connectivity index (χ1v) is 14.2. The zero-order chi connectivity index (χ0) is 29.4. The maximum atomic E-state index is 13.8. The molecule has 1 aliphatic rings. The van der Waals surface area contributed by atoms with Crippen molar-refractivity contribution in [3.63, 3.8) is 0 Å². The van der Waals surface area contributed by atoms with Crippen LogP contribution < -0.4 is 19.6 Å². The average Bonchev–Trinajstić information content (AvgIpc) is 3.53. The van der Waals surface area contributed by atoms with Crippen molar-refractivity contribution in [3.05, 3.63) is 110 Å². The molecule has 0 saturated carbocycles. The molecule has 0 bridgehead atoms. The van der Waals surface area contributed by atoms with E-state index >= 15 is 0 Å². The van der Waals surface area contributed by atoms with Gasteiger partial charge in [-0.3, -0.25) is 19.5 Å². The Morgan fingerprint density at radius 1 is 1.29 bits per heavy atom. The van der Waals surface area contributed by atoms with E-state index in [1.807, 2.05) is 0 Å². The summed E-state index contributed by atoms with van der Waals surface area (Å²) in [6, 6.07) is 12.5. The monoisotopic (exact) mass is 657 g/mol. The van der Waals surface area contributed by atoms with Gasteiger partial charge >= 0.3 is 5.97 Å². The Balaban J connectivity index is 1.64. The molecule has 2 aromatic heterocycles.